The molecule has 1 rings (SSSR count). The minimum Gasteiger partial charge on any atom is -0.464 e. The molecule has 110 valence electrons. The molecule has 0 aromatic carbocycles. The summed E-state index contributed by atoms with van der Waals surface area (Å²) in [5, 5.41) is 22.3. The maximum Gasteiger partial charge on any atom is 0.356 e. The Bertz CT molecular complexity index is 478. The predicted octanol–water partition coefficient (Wildman–Crippen LogP) is -0.211. The van der Waals surface area contributed by atoms with Crippen LogP contribution in [0.4, 0.5) is 0 Å². The van der Waals surface area contributed by atoms with E-state index in [9.17, 15) is 19.8 Å². The number of methoxy groups -OCH3 is 1. The number of nitrogens with one attached hydrogen (secondary N) is 1. The van der Waals surface area contributed by atoms with Crippen LogP contribution < -0.4 is 5.32 Å². The summed E-state index contributed by atoms with van der Waals surface area (Å²) in [4.78, 5) is 26.0. The van der Waals surface area contributed by atoms with E-state index in [0.29, 0.717) is 0 Å². The van der Waals surface area contributed by atoms with E-state index < -0.39 is 18.2 Å². The van der Waals surface area contributed by atoms with E-state index in [1.165, 1.54) is 26.2 Å². The molecule has 7 nitrogen and oxygen atoms in total. The fraction of sp³-hybridized carbons (Fsp3) is 0.462. The third-order valence-corrected chi connectivity index (χ3v) is 2.65. The van der Waals surface area contributed by atoms with Crippen LogP contribution in [0.25, 0.3) is 0 Å². The summed E-state index contributed by atoms with van der Waals surface area (Å²) >= 11 is 0. The van der Waals surface area contributed by atoms with Crippen molar-refractivity contribution in [1.82, 2.24) is 10.3 Å². The van der Waals surface area contributed by atoms with E-state index in [4.69, 9.17) is 0 Å². The Morgan fingerprint density at radius 1 is 1.40 bits per heavy atom. The van der Waals surface area contributed by atoms with Gasteiger partial charge in [0.05, 0.1) is 18.9 Å². The van der Waals surface area contributed by atoms with E-state index in [1.807, 2.05) is 0 Å². The molecule has 1 amide bonds. The number of hydrogen-bond donors (Lipinski definition) is 3. The number of carbonyl (C=O) groups is 2. The zero-order chi connectivity index (χ0) is 15.1. The number of ether oxygens (including phenoxy) is 1. The Balaban J connectivity index is 2.68. The second-order valence-corrected chi connectivity index (χ2v) is 4.22. The van der Waals surface area contributed by atoms with Crippen molar-refractivity contribution < 1.29 is 24.5 Å². The molecule has 0 aliphatic heterocycles. The molecule has 2 atom stereocenters. The van der Waals surface area contributed by atoms with Gasteiger partial charge in [-0.05, 0) is 18.6 Å². The van der Waals surface area contributed by atoms with Gasteiger partial charge in [-0.1, -0.05) is 6.07 Å². The largest absolute Gasteiger partial charge is 0.464 e. The zero-order valence-electron chi connectivity index (χ0n) is 11.4. The van der Waals surface area contributed by atoms with Gasteiger partial charge in [-0.25, -0.2) is 9.78 Å². The van der Waals surface area contributed by atoms with Crippen molar-refractivity contribution in [3.05, 3.63) is 29.6 Å². The van der Waals surface area contributed by atoms with Gasteiger partial charge in [0.25, 0.3) is 0 Å². The molecule has 0 aliphatic rings. The zero-order valence-corrected chi connectivity index (χ0v) is 11.4. The summed E-state index contributed by atoms with van der Waals surface area (Å²) in [5.74, 6) is -0.829. The fourth-order valence-electron chi connectivity index (χ4n) is 1.59. The first-order chi connectivity index (χ1) is 9.45. The van der Waals surface area contributed by atoms with Crippen molar-refractivity contribution in [3.63, 3.8) is 0 Å². The van der Waals surface area contributed by atoms with Crippen LogP contribution in [0.1, 0.15) is 35.6 Å². The van der Waals surface area contributed by atoms with E-state index in [-0.39, 0.29) is 30.3 Å². The quantitative estimate of drug-likeness (QED) is 0.623. The Kier molecular flexibility index (Phi) is 6.08. The number of aliphatic hydroxyl groups is 2. The van der Waals surface area contributed by atoms with Crippen LogP contribution >= 0.6 is 0 Å². The van der Waals surface area contributed by atoms with E-state index >= 15 is 0 Å². The highest BCUT2D eigenvalue weighted by atomic mass is 16.5. The van der Waals surface area contributed by atoms with Gasteiger partial charge in [0.1, 0.15) is 11.8 Å². The number of aromatic nitrogens is 1. The number of amides is 1. The molecular weight excluding hydrogens is 264 g/mol. The van der Waals surface area contributed by atoms with Gasteiger partial charge in [0.15, 0.2) is 0 Å². The van der Waals surface area contributed by atoms with Gasteiger partial charge >= 0.3 is 5.97 Å². The molecular formula is C13H18N2O5. The highest BCUT2D eigenvalue weighted by molar-refractivity contribution is 5.87. The second kappa shape index (κ2) is 7.56. The first kappa shape index (κ1) is 16.1. The topological polar surface area (TPSA) is 109 Å². The molecule has 20 heavy (non-hydrogen) atoms. The summed E-state index contributed by atoms with van der Waals surface area (Å²) in [5.41, 5.74) is 0.223. The fourth-order valence-corrected chi connectivity index (χ4v) is 1.59. The molecule has 1 heterocycles. The molecule has 0 aliphatic carbocycles. The van der Waals surface area contributed by atoms with Gasteiger partial charge in [-0.15, -0.1) is 0 Å². The molecule has 0 spiro atoms. The normalized spacial score (nSPS) is 13.4. The molecule has 1 aromatic rings. The Labute approximate surface area is 116 Å². The smallest absolute Gasteiger partial charge is 0.356 e. The van der Waals surface area contributed by atoms with Gasteiger partial charge in [-0.3, -0.25) is 4.79 Å². The van der Waals surface area contributed by atoms with Gasteiger partial charge in [0, 0.05) is 13.5 Å². The summed E-state index contributed by atoms with van der Waals surface area (Å²) < 4.78 is 4.53. The van der Waals surface area contributed by atoms with Crippen LogP contribution in [0.3, 0.4) is 0 Å². The minimum atomic E-state index is -1.24. The molecule has 0 bridgehead atoms. The molecule has 7 heteroatoms. The second-order valence-electron chi connectivity index (χ2n) is 4.22. The first-order valence-corrected chi connectivity index (χ1v) is 6.11. The van der Waals surface area contributed by atoms with Gasteiger partial charge in [-0.2, -0.15) is 0 Å². The summed E-state index contributed by atoms with van der Waals surface area (Å²) in [7, 11) is 1.23. The lowest BCUT2D eigenvalue weighted by Crippen LogP contribution is -2.28. The van der Waals surface area contributed by atoms with Crippen LogP contribution in [-0.2, 0) is 9.53 Å². The predicted molar refractivity (Wildman–Crippen MR) is 69.8 cm³/mol. The SMILES string of the molecule is COC(=O)c1cccc(C(O)C(O)CCNC(C)=O)n1. The van der Waals surface area contributed by atoms with Crippen LogP contribution in [-0.4, -0.2) is 46.8 Å². The van der Waals surface area contributed by atoms with Gasteiger partial charge in [0.2, 0.25) is 5.91 Å². The average Bonchev–Trinajstić information content (AvgIpc) is 2.45. The van der Waals surface area contributed by atoms with Crippen molar-refractivity contribution in [2.45, 2.75) is 25.6 Å². The number of pyridine rings is 1. The van der Waals surface area contributed by atoms with E-state index in [0.717, 1.165) is 0 Å². The number of nitrogens with zero attached hydrogens (tertiary/aromatic N) is 1. The molecule has 0 saturated heterocycles. The summed E-state index contributed by atoms with van der Waals surface area (Å²) in [6, 6.07) is 4.49. The monoisotopic (exact) mass is 282 g/mol. The lowest BCUT2D eigenvalue weighted by Gasteiger charge is -2.17. The van der Waals surface area contributed by atoms with Crippen LogP contribution in [0.15, 0.2) is 18.2 Å². The third-order valence-electron chi connectivity index (χ3n) is 2.65. The maximum atomic E-state index is 11.3. The molecule has 3 N–H and O–H groups in total. The highest BCUT2D eigenvalue weighted by Crippen LogP contribution is 2.17. The van der Waals surface area contributed by atoms with Crippen molar-refractivity contribution in [1.29, 1.82) is 0 Å². The maximum absolute atomic E-state index is 11.3. The van der Waals surface area contributed by atoms with Gasteiger partial charge < -0.3 is 20.3 Å². The number of hydrogen-bond acceptors (Lipinski definition) is 6. The molecule has 0 saturated carbocycles. The third kappa shape index (κ3) is 4.60. The number of carbonyl (C=O) groups excluding carboxylic acids is 2. The summed E-state index contributed by atoms with van der Waals surface area (Å²) in [6.45, 7) is 1.61. The number of aliphatic hydroxyl groups excluding tert-OH is 2. The van der Waals surface area contributed by atoms with Crippen molar-refractivity contribution in [2.24, 2.45) is 0 Å². The number of rotatable bonds is 6. The molecule has 1 aromatic heterocycles. The Morgan fingerprint density at radius 2 is 2.10 bits per heavy atom. The molecule has 2 unspecified atom stereocenters. The average molecular weight is 282 g/mol. The standard InChI is InChI=1S/C13H18N2O5/c1-8(16)14-7-6-11(17)12(18)9-4-3-5-10(15-9)13(19)20-2/h3-5,11-12,17-18H,6-7H2,1-2H3,(H,14,16). The lowest BCUT2D eigenvalue weighted by molar-refractivity contribution is -0.119. The van der Waals surface area contributed by atoms with Crippen molar-refractivity contribution in [3.8, 4) is 0 Å². The highest BCUT2D eigenvalue weighted by Gasteiger charge is 2.20. The minimum absolute atomic E-state index is 0.0538. The van der Waals surface area contributed by atoms with Crippen LogP contribution in [0, 0.1) is 0 Å². The van der Waals surface area contributed by atoms with Crippen LogP contribution in [0.2, 0.25) is 0 Å². The lowest BCUT2D eigenvalue weighted by atomic mass is 10.1. The number of esters is 1. The molecule has 0 radical (unpaired) electrons. The van der Waals surface area contributed by atoms with Crippen LogP contribution in [0.5, 0.6) is 0 Å². The first-order valence-electron chi connectivity index (χ1n) is 6.11. The molecule has 0 fully saturated rings. The Hall–Kier alpha value is -1.99. The van der Waals surface area contributed by atoms with Crippen molar-refractivity contribution in [2.75, 3.05) is 13.7 Å². The summed E-state index contributed by atoms with van der Waals surface area (Å²) in [6.07, 6.45) is -2.17. The van der Waals surface area contributed by atoms with E-state index in [2.05, 4.69) is 15.0 Å². The van der Waals surface area contributed by atoms with E-state index in [1.54, 1.807) is 6.07 Å². The van der Waals surface area contributed by atoms with Crippen molar-refractivity contribution >= 4 is 11.9 Å². The Morgan fingerprint density at radius 3 is 2.70 bits per heavy atom.